The predicted octanol–water partition coefficient (Wildman–Crippen LogP) is 2.83. The first-order valence-corrected chi connectivity index (χ1v) is 9.60. The molecule has 0 fully saturated rings. The van der Waals surface area contributed by atoms with Gasteiger partial charge in [0.05, 0.1) is 17.2 Å². The van der Waals surface area contributed by atoms with Crippen LogP contribution >= 0.6 is 27.3 Å². The molecule has 0 atom stereocenters. The van der Waals surface area contributed by atoms with Crippen LogP contribution in [0, 0.1) is 13.8 Å². The van der Waals surface area contributed by atoms with E-state index in [2.05, 4.69) is 31.5 Å². The standard InChI is InChI=1S/C18H18BrN3O4S/c1-11-7-13(19)3-5-15(11)22-16(23)8-20-17(24)9-26-18(25)6-4-14-10-27-12(2)21-14/h3-7,10H,8-9H2,1-2H3,(H,20,24)(H,22,23)/b6-4+. The van der Waals surface area contributed by atoms with Gasteiger partial charge in [0, 0.05) is 21.6 Å². The molecule has 0 radical (unpaired) electrons. The number of aryl methyl sites for hydroxylation is 2. The summed E-state index contributed by atoms with van der Waals surface area (Å²) in [6.45, 7) is 3.03. The molecule has 1 aromatic carbocycles. The molecule has 142 valence electrons. The van der Waals surface area contributed by atoms with E-state index >= 15 is 0 Å². The normalized spacial score (nSPS) is 10.6. The molecule has 0 aliphatic heterocycles. The van der Waals surface area contributed by atoms with Gasteiger partial charge in [-0.1, -0.05) is 15.9 Å². The second-order valence-electron chi connectivity index (χ2n) is 5.52. The Kier molecular flexibility index (Phi) is 7.68. The van der Waals surface area contributed by atoms with Crippen molar-refractivity contribution in [3.05, 3.63) is 50.4 Å². The Hall–Kier alpha value is -2.52. The molecule has 0 bridgehead atoms. The molecule has 0 saturated carbocycles. The Morgan fingerprint density at radius 1 is 1.26 bits per heavy atom. The fourth-order valence-corrected chi connectivity index (χ4v) is 3.04. The zero-order chi connectivity index (χ0) is 19.8. The van der Waals surface area contributed by atoms with Crippen LogP contribution in [0.1, 0.15) is 16.3 Å². The topological polar surface area (TPSA) is 97.4 Å². The second kappa shape index (κ2) is 9.98. The molecular formula is C18H18BrN3O4S. The van der Waals surface area contributed by atoms with E-state index in [1.54, 1.807) is 17.5 Å². The molecule has 2 aromatic rings. The average molecular weight is 452 g/mol. The van der Waals surface area contributed by atoms with E-state index in [4.69, 9.17) is 4.74 Å². The lowest BCUT2D eigenvalue weighted by molar-refractivity contribution is -0.143. The second-order valence-corrected chi connectivity index (χ2v) is 7.49. The summed E-state index contributed by atoms with van der Waals surface area (Å²) < 4.78 is 5.73. The van der Waals surface area contributed by atoms with Gasteiger partial charge in [0.15, 0.2) is 6.61 Å². The van der Waals surface area contributed by atoms with E-state index in [1.165, 1.54) is 23.5 Å². The number of aromatic nitrogens is 1. The van der Waals surface area contributed by atoms with E-state index < -0.39 is 18.5 Å². The van der Waals surface area contributed by atoms with Crippen molar-refractivity contribution in [2.75, 3.05) is 18.5 Å². The summed E-state index contributed by atoms with van der Waals surface area (Å²) in [5.41, 5.74) is 2.20. The summed E-state index contributed by atoms with van der Waals surface area (Å²) in [5.74, 6) is -1.60. The predicted molar refractivity (Wildman–Crippen MR) is 107 cm³/mol. The number of anilines is 1. The fourth-order valence-electron chi connectivity index (χ4n) is 1.99. The van der Waals surface area contributed by atoms with Gasteiger partial charge in [-0.2, -0.15) is 0 Å². The summed E-state index contributed by atoms with van der Waals surface area (Å²) in [6, 6.07) is 5.44. The van der Waals surface area contributed by atoms with E-state index in [-0.39, 0.29) is 12.5 Å². The van der Waals surface area contributed by atoms with Gasteiger partial charge in [0.25, 0.3) is 5.91 Å². The first-order valence-electron chi connectivity index (χ1n) is 7.93. The van der Waals surface area contributed by atoms with Crippen molar-refractivity contribution in [1.29, 1.82) is 0 Å². The molecule has 2 amide bonds. The third kappa shape index (κ3) is 7.32. The minimum absolute atomic E-state index is 0.222. The highest BCUT2D eigenvalue weighted by Gasteiger charge is 2.09. The maximum absolute atomic E-state index is 11.9. The molecular weight excluding hydrogens is 434 g/mol. The highest BCUT2D eigenvalue weighted by molar-refractivity contribution is 9.10. The van der Waals surface area contributed by atoms with Crippen molar-refractivity contribution in [3.63, 3.8) is 0 Å². The number of esters is 1. The SMILES string of the molecule is Cc1nc(/C=C/C(=O)OCC(=O)NCC(=O)Nc2ccc(Br)cc2C)cs1. The van der Waals surface area contributed by atoms with Crippen molar-refractivity contribution in [1.82, 2.24) is 10.3 Å². The number of amides is 2. The maximum Gasteiger partial charge on any atom is 0.331 e. The van der Waals surface area contributed by atoms with Crippen LogP contribution in [0.4, 0.5) is 5.69 Å². The van der Waals surface area contributed by atoms with Crippen molar-refractivity contribution < 1.29 is 19.1 Å². The highest BCUT2D eigenvalue weighted by Crippen LogP contribution is 2.19. The van der Waals surface area contributed by atoms with Crippen molar-refractivity contribution in [3.8, 4) is 0 Å². The molecule has 27 heavy (non-hydrogen) atoms. The third-order valence-corrected chi connectivity index (χ3v) is 4.57. The van der Waals surface area contributed by atoms with Crippen LogP contribution in [-0.4, -0.2) is 35.9 Å². The molecule has 7 nitrogen and oxygen atoms in total. The summed E-state index contributed by atoms with van der Waals surface area (Å²) in [5, 5.41) is 7.78. The number of carbonyl (C=O) groups is 3. The zero-order valence-corrected chi connectivity index (χ0v) is 17.1. The van der Waals surface area contributed by atoms with Crippen LogP contribution in [-0.2, 0) is 19.1 Å². The lowest BCUT2D eigenvalue weighted by Gasteiger charge is -2.09. The van der Waals surface area contributed by atoms with Gasteiger partial charge < -0.3 is 15.4 Å². The van der Waals surface area contributed by atoms with Crippen LogP contribution < -0.4 is 10.6 Å². The van der Waals surface area contributed by atoms with Crippen LogP contribution in [0.25, 0.3) is 6.08 Å². The Morgan fingerprint density at radius 3 is 2.70 bits per heavy atom. The number of hydrogen-bond acceptors (Lipinski definition) is 6. The molecule has 2 rings (SSSR count). The number of benzene rings is 1. The maximum atomic E-state index is 11.9. The van der Waals surface area contributed by atoms with Crippen molar-refractivity contribution in [2.24, 2.45) is 0 Å². The summed E-state index contributed by atoms with van der Waals surface area (Å²) in [6.07, 6.45) is 2.71. The molecule has 1 heterocycles. The molecule has 9 heteroatoms. The lowest BCUT2D eigenvalue weighted by atomic mass is 10.2. The quantitative estimate of drug-likeness (QED) is 0.498. The molecule has 0 aliphatic carbocycles. The number of carbonyl (C=O) groups excluding carboxylic acids is 3. The van der Waals surface area contributed by atoms with Gasteiger partial charge in [0.2, 0.25) is 5.91 Å². The van der Waals surface area contributed by atoms with Crippen molar-refractivity contribution >= 4 is 56.8 Å². The Morgan fingerprint density at radius 2 is 2.04 bits per heavy atom. The van der Waals surface area contributed by atoms with Gasteiger partial charge in [-0.15, -0.1) is 11.3 Å². The molecule has 1 aromatic heterocycles. The smallest absolute Gasteiger partial charge is 0.331 e. The van der Waals surface area contributed by atoms with Crippen LogP contribution in [0.2, 0.25) is 0 Å². The largest absolute Gasteiger partial charge is 0.452 e. The molecule has 0 saturated heterocycles. The minimum atomic E-state index is -0.661. The van der Waals surface area contributed by atoms with Crippen molar-refractivity contribution in [2.45, 2.75) is 13.8 Å². The molecule has 0 aliphatic rings. The number of ether oxygens (including phenoxy) is 1. The minimum Gasteiger partial charge on any atom is -0.452 e. The zero-order valence-electron chi connectivity index (χ0n) is 14.7. The van der Waals surface area contributed by atoms with Crippen LogP contribution in [0.3, 0.4) is 0 Å². The Bertz CT molecular complexity index is 879. The average Bonchev–Trinajstić information content (AvgIpc) is 3.04. The van der Waals surface area contributed by atoms with Gasteiger partial charge in [-0.3, -0.25) is 9.59 Å². The fraction of sp³-hybridized carbons (Fsp3) is 0.222. The van der Waals surface area contributed by atoms with Gasteiger partial charge >= 0.3 is 5.97 Å². The number of nitrogens with zero attached hydrogens (tertiary/aromatic N) is 1. The van der Waals surface area contributed by atoms with E-state index in [0.29, 0.717) is 11.4 Å². The number of rotatable bonds is 7. The van der Waals surface area contributed by atoms with E-state index in [1.807, 2.05) is 19.9 Å². The van der Waals surface area contributed by atoms with Crippen LogP contribution in [0.5, 0.6) is 0 Å². The first-order chi connectivity index (χ1) is 12.8. The number of hydrogen-bond donors (Lipinski definition) is 2. The summed E-state index contributed by atoms with van der Waals surface area (Å²) in [7, 11) is 0. The molecule has 0 spiro atoms. The first kappa shape index (κ1) is 20.8. The monoisotopic (exact) mass is 451 g/mol. The van der Waals surface area contributed by atoms with E-state index in [9.17, 15) is 14.4 Å². The van der Waals surface area contributed by atoms with Gasteiger partial charge in [-0.05, 0) is 43.7 Å². The van der Waals surface area contributed by atoms with E-state index in [0.717, 1.165) is 15.0 Å². The van der Waals surface area contributed by atoms with Gasteiger partial charge in [0.1, 0.15) is 0 Å². The summed E-state index contributed by atoms with van der Waals surface area (Å²) in [4.78, 5) is 39.3. The lowest BCUT2D eigenvalue weighted by Crippen LogP contribution is -2.35. The van der Waals surface area contributed by atoms with Crippen LogP contribution in [0.15, 0.2) is 34.1 Å². The number of thiazole rings is 1. The third-order valence-electron chi connectivity index (χ3n) is 3.28. The number of nitrogens with one attached hydrogen (secondary N) is 2. The summed E-state index contributed by atoms with van der Waals surface area (Å²) >= 11 is 4.81. The molecule has 0 unspecified atom stereocenters. The Balaban J connectivity index is 1.70. The van der Waals surface area contributed by atoms with Gasteiger partial charge in [-0.25, -0.2) is 9.78 Å². The molecule has 2 N–H and O–H groups in total. The highest BCUT2D eigenvalue weighted by atomic mass is 79.9. The Labute approximate surface area is 169 Å². The number of halogens is 1.